The van der Waals surface area contributed by atoms with E-state index in [-0.39, 0.29) is 11.7 Å². The predicted octanol–water partition coefficient (Wildman–Crippen LogP) is 2.36. The minimum absolute atomic E-state index is 0.182. The number of hydrogen-bond donors (Lipinski definition) is 1. The maximum atomic E-state index is 13.2. The topological polar surface area (TPSA) is 49.8 Å². The van der Waals surface area contributed by atoms with Crippen molar-refractivity contribution < 1.29 is 19.0 Å². The van der Waals surface area contributed by atoms with Crippen molar-refractivity contribution in [1.82, 2.24) is 4.90 Å². The molecule has 1 aliphatic heterocycles. The fourth-order valence-corrected chi connectivity index (χ4v) is 2.86. The Hall–Kier alpha value is -1.62. The molecule has 1 heterocycles. The first-order chi connectivity index (χ1) is 10.6. The third-order valence-corrected chi connectivity index (χ3v) is 4.40. The summed E-state index contributed by atoms with van der Waals surface area (Å²) < 4.78 is 18.9. The highest BCUT2D eigenvalue weighted by molar-refractivity contribution is 5.76. The molecule has 22 heavy (non-hydrogen) atoms. The molecule has 1 saturated heterocycles. The lowest BCUT2D eigenvalue weighted by atomic mass is 10.1. The van der Waals surface area contributed by atoms with Gasteiger partial charge in [0.15, 0.2) is 0 Å². The number of carbonyl (C=O) groups is 1. The third kappa shape index (κ3) is 3.97. The van der Waals surface area contributed by atoms with Crippen LogP contribution in [-0.4, -0.2) is 41.2 Å². The molecule has 5 heteroatoms. The largest absolute Gasteiger partial charge is 0.488 e. The first-order valence-electron chi connectivity index (χ1n) is 8.00. The Labute approximate surface area is 129 Å². The van der Waals surface area contributed by atoms with Crippen LogP contribution in [0.3, 0.4) is 0 Å². The maximum Gasteiger partial charge on any atom is 0.222 e. The van der Waals surface area contributed by atoms with E-state index in [0.717, 1.165) is 12.8 Å². The van der Waals surface area contributed by atoms with Gasteiger partial charge >= 0.3 is 0 Å². The summed E-state index contributed by atoms with van der Waals surface area (Å²) in [6.45, 7) is 1.15. The van der Waals surface area contributed by atoms with Crippen LogP contribution in [0.2, 0.25) is 0 Å². The van der Waals surface area contributed by atoms with Crippen molar-refractivity contribution in [3.63, 3.8) is 0 Å². The number of benzene rings is 1. The second-order valence-corrected chi connectivity index (χ2v) is 6.29. The van der Waals surface area contributed by atoms with Crippen molar-refractivity contribution in [2.45, 2.75) is 44.3 Å². The third-order valence-electron chi connectivity index (χ3n) is 4.40. The summed E-state index contributed by atoms with van der Waals surface area (Å²) in [6.07, 6.45) is 2.97. The summed E-state index contributed by atoms with van der Waals surface area (Å²) in [6, 6.07) is 5.93. The second kappa shape index (κ2) is 6.65. The maximum absolute atomic E-state index is 13.2. The number of halogens is 1. The lowest BCUT2D eigenvalue weighted by Gasteiger charge is -2.22. The Bertz CT molecular complexity index is 532. The summed E-state index contributed by atoms with van der Waals surface area (Å²) in [5.74, 6) is 0.810. The van der Waals surface area contributed by atoms with E-state index in [9.17, 15) is 14.3 Å². The van der Waals surface area contributed by atoms with Gasteiger partial charge in [0.25, 0.3) is 0 Å². The minimum Gasteiger partial charge on any atom is -0.488 e. The van der Waals surface area contributed by atoms with Gasteiger partial charge in [-0.05, 0) is 37.3 Å². The Morgan fingerprint density at radius 1 is 1.27 bits per heavy atom. The van der Waals surface area contributed by atoms with Crippen LogP contribution in [0.15, 0.2) is 24.3 Å². The zero-order chi connectivity index (χ0) is 15.5. The molecule has 0 bridgehead atoms. The molecule has 1 amide bonds. The average Bonchev–Trinajstić information content (AvgIpc) is 3.30. The molecule has 3 rings (SSSR count). The summed E-state index contributed by atoms with van der Waals surface area (Å²) >= 11 is 0. The summed E-state index contributed by atoms with van der Waals surface area (Å²) in [5, 5.41) is 10.2. The first-order valence-corrected chi connectivity index (χ1v) is 8.00. The van der Waals surface area contributed by atoms with Crippen molar-refractivity contribution in [2.75, 3.05) is 13.1 Å². The number of likely N-dealkylation sites (tertiary alicyclic amines) is 1. The molecule has 0 aromatic heterocycles. The van der Waals surface area contributed by atoms with Gasteiger partial charge in [-0.3, -0.25) is 4.79 Å². The van der Waals surface area contributed by atoms with E-state index in [1.807, 2.05) is 4.90 Å². The van der Waals surface area contributed by atoms with Crippen LogP contribution in [0, 0.1) is 11.7 Å². The second-order valence-electron chi connectivity index (χ2n) is 6.29. The van der Waals surface area contributed by atoms with Gasteiger partial charge in [0.2, 0.25) is 5.91 Å². The van der Waals surface area contributed by atoms with Gasteiger partial charge in [0, 0.05) is 32.0 Å². The van der Waals surface area contributed by atoms with Gasteiger partial charge in [-0.2, -0.15) is 0 Å². The molecule has 0 unspecified atom stereocenters. The van der Waals surface area contributed by atoms with Crippen LogP contribution >= 0.6 is 0 Å². The molecule has 2 fully saturated rings. The Morgan fingerprint density at radius 3 is 2.77 bits per heavy atom. The molecule has 1 saturated carbocycles. The average molecular weight is 307 g/mol. The summed E-state index contributed by atoms with van der Waals surface area (Å²) in [5.41, 5.74) is 0. The highest BCUT2D eigenvalue weighted by Crippen LogP contribution is 2.33. The SMILES string of the molecule is O=C(CC1CC1)N1CC[C@H](Oc2cccc(F)c2)[C@@H](O)CC1. The van der Waals surface area contributed by atoms with Crippen LogP contribution in [0.1, 0.15) is 32.1 Å². The van der Waals surface area contributed by atoms with Gasteiger partial charge in [-0.15, -0.1) is 0 Å². The standard InChI is InChI=1S/C17H22FNO3/c18-13-2-1-3-14(11-13)22-16-7-9-19(8-6-15(16)20)17(21)10-12-4-5-12/h1-3,11-12,15-16,20H,4-10H2/t15-,16-/m0/s1. The van der Waals surface area contributed by atoms with Gasteiger partial charge in [0.05, 0.1) is 6.10 Å². The number of ether oxygens (including phenoxy) is 1. The molecule has 120 valence electrons. The number of aliphatic hydroxyl groups excluding tert-OH is 1. The highest BCUT2D eigenvalue weighted by atomic mass is 19.1. The number of carbonyl (C=O) groups excluding carboxylic acids is 1. The Kier molecular flexibility index (Phi) is 4.62. The predicted molar refractivity (Wildman–Crippen MR) is 80.0 cm³/mol. The van der Waals surface area contributed by atoms with Crippen LogP contribution < -0.4 is 4.74 Å². The molecule has 2 atom stereocenters. The number of aliphatic hydroxyl groups is 1. The van der Waals surface area contributed by atoms with E-state index in [1.54, 1.807) is 12.1 Å². The molecular weight excluding hydrogens is 285 g/mol. The van der Waals surface area contributed by atoms with Crippen molar-refractivity contribution >= 4 is 5.91 Å². The summed E-state index contributed by atoms with van der Waals surface area (Å²) in [7, 11) is 0. The molecule has 1 aromatic carbocycles. The molecule has 2 aliphatic rings. The highest BCUT2D eigenvalue weighted by Gasteiger charge is 2.31. The van der Waals surface area contributed by atoms with Gasteiger partial charge in [0.1, 0.15) is 17.7 Å². The van der Waals surface area contributed by atoms with Gasteiger partial charge in [-0.25, -0.2) is 4.39 Å². The van der Waals surface area contributed by atoms with Crippen molar-refractivity contribution in [2.24, 2.45) is 5.92 Å². The molecule has 0 spiro atoms. The zero-order valence-electron chi connectivity index (χ0n) is 12.6. The van der Waals surface area contributed by atoms with Gasteiger partial charge < -0.3 is 14.7 Å². The minimum atomic E-state index is -0.637. The van der Waals surface area contributed by atoms with Crippen LogP contribution in [0.5, 0.6) is 5.75 Å². The number of amides is 1. The normalized spacial score (nSPS) is 25.6. The Balaban J connectivity index is 1.57. The lowest BCUT2D eigenvalue weighted by Crippen LogP contribution is -2.32. The molecule has 1 aliphatic carbocycles. The van der Waals surface area contributed by atoms with Crippen LogP contribution in [0.25, 0.3) is 0 Å². The van der Waals surface area contributed by atoms with Crippen LogP contribution in [-0.2, 0) is 4.79 Å². The molecular formula is C17H22FNO3. The molecule has 4 nitrogen and oxygen atoms in total. The van der Waals surface area contributed by atoms with E-state index >= 15 is 0 Å². The number of hydrogen-bond acceptors (Lipinski definition) is 3. The molecule has 0 radical (unpaired) electrons. The smallest absolute Gasteiger partial charge is 0.222 e. The fourth-order valence-electron chi connectivity index (χ4n) is 2.86. The summed E-state index contributed by atoms with van der Waals surface area (Å²) in [4.78, 5) is 14.0. The lowest BCUT2D eigenvalue weighted by molar-refractivity contribution is -0.131. The molecule has 1 aromatic rings. The van der Waals surface area contributed by atoms with E-state index < -0.39 is 12.2 Å². The van der Waals surface area contributed by atoms with Crippen molar-refractivity contribution in [1.29, 1.82) is 0 Å². The number of nitrogens with zero attached hydrogens (tertiary/aromatic N) is 1. The zero-order valence-corrected chi connectivity index (χ0v) is 12.6. The Morgan fingerprint density at radius 2 is 2.05 bits per heavy atom. The molecule has 1 N–H and O–H groups in total. The monoisotopic (exact) mass is 307 g/mol. The fraction of sp³-hybridized carbons (Fsp3) is 0.588. The number of rotatable bonds is 4. The van der Waals surface area contributed by atoms with E-state index in [2.05, 4.69) is 0 Å². The quantitative estimate of drug-likeness (QED) is 0.929. The van der Waals surface area contributed by atoms with Crippen LogP contribution in [0.4, 0.5) is 4.39 Å². The van der Waals surface area contributed by atoms with E-state index in [1.165, 1.54) is 12.1 Å². The van der Waals surface area contributed by atoms with Crippen molar-refractivity contribution in [3.8, 4) is 5.75 Å². The van der Waals surface area contributed by atoms with E-state index in [4.69, 9.17) is 4.74 Å². The van der Waals surface area contributed by atoms with Gasteiger partial charge in [-0.1, -0.05) is 6.07 Å². The first kappa shape index (κ1) is 15.3. The van der Waals surface area contributed by atoms with Crippen molar-refractivity contribution in [3.05, 3.63) is 30.1 Å². The van der Waals surface area contributed by atoms with E-state index in [0.29, 0.717) is 44.0 Å².